The van der Waals surface area contributed by atoms with Gasteiger partial charge < -0.3 is 20.7 Å². The third-order valence-corrected chi connectivity index (χ3v) is 5.44. The van der Waals surface area contributed by atoms with Crippen LogP contribution in [0.15, 0.2) is 18.2 Å². The first kappa shape index (κ1) is 23.2. The van der Waals surface area contributed by atoms with Crippen LogP contribution in [-0.4, -0.2) is 37.7 Å². The summed E-state index contributed by atoms with van der Waals surface area (Å²) in [6, 6.07) is 5.72. The van der Waals surface area contributed by atoms with Gasteiger partial charge in [0.25, 0.3) is 0 Å². The highest BCUT2D eigenvalue weighted by Gasteiger charge is 2.37. The van der Waals surface area contributed by atoms with Crippen LogP contribution in [0.3, 0.4) is 0 Å². The van der Waals surface area contributed by atoms with Gasteiger partial charge >= 0.3 is 0 Å². The third-order valence-electron chi connectivity index (χ3n) is 5.20. The standard InChI is InChI=1S/C18H26ClN3O2.2ClH/c1-24-16-6-5-13(19)11-15(16)22-10-7-14(12-22)21-17(23)18(20)8-3-2-4-9-18;;/h5-6,11,14H,2-4,7-10,12,20H2,1H3,(H,21,23);2*1H. The molecule has 1 aliphatic carbocycles. The Kier molecular flexibility index (Phi) is 8.80. The monoisotopic (exact) mass is 423 g/mol. The van der Waals surface area contributed by atoms with Crippen molar-refractivity contribution in [3.05, 3.63) is 23.2 Å². The lowest BCUT2D eigenvalue weighted by atomic mass is 9.82. The van der Waals surface area contributed by atoms with E-state index in [1.807, 2.05) is 18.2 Å². The van der Waals surface area contributed by atoms with E-state index in [-0.39, 0.29) is 36.8 Å². The number of benzene rings is 1. The van der Waals surface area contributed by atoms with Gasteiger partial charge in [-0.1, -0.05) is 30.9 Å². The number of hydrogen-bond acceptors (Lipinski definition) is 4. The minimum Gasteiger partial charge on any atom is -0.495 e. The van der Waals surface area contributed by atoms with Crippen molar-refractivity contribution < 1.29 is 9.53 Å². The quantitative estimate of drug-likeness (QED) is 0.775. The molecule has 8 heteroatoms. The van der Waals surface area contributed by atoms with Crippen LogP contribution in [0.1, 0.15) is 38.5 Å². The molecule has 1 unspecified atom stereocenters. The first-order chi connectivity index (χ1) is 11.5. The molecule has 1 aromatic rings. The summed E-state index contributed by atoms with van der Waals surface area (Å²) in [5.41, 5.74) is 6.62. The summed E-state index contributed by atoms with van der Waals surface area (Å²) in [5, 5.41) is 3.84. The van der Waals surface area contributed by atoms with Gasteiger partial charge in [-0.2, -0.15) is 0 Å². The van der Waals surface area contributed by atoms with Crippen molar-refractivity contribution in [2.24, 2.45) is 5.73 Å². The number of carbonyl (C=O) groups excluding carboxylic acids is 1. The maximum Gasteiger partial charge on any atom is 0.240 e. The van der Waals surface area contributed by atoms with Crippen LogP contribution in [0.5, 0.6) is 5.75 Å². The van der Waals surface area contributed by atoms with Gasteiger partial charge in [-0.25, -0.2) is 0 Å². The van der Waals surface area contributed by atoms with E-state index < -0.39 is 5.54 Å². The zero-order valence-electron chi connectivity index (χ0n) is 15.0. The summed E-state index contributed by atoms with van der Waals surface area (Å²) in [4.78, 5) is 14.8. The maximum atomic E-state index is 12.6. The van der Waals surface area contributed by atoms with Crippen LogP contribution in [0.2, 0.25) is 5.02 Å². The molecule has 1 atom stereocenters. The number of hydrogen-bond donors (Lipinski definition) is 2. The molecule has 1 amide bonds. The molecule has 0 radical (unpaired) electrons. The molecule has 1 aliphatic heterocycles. The van der Waals surface area contributed by atoms with Crippen molar-refractivity contribution in [3.8, 4) is 5.75 Å². The fourth-order valence-electron chi connectivity index (χ4n) is 3.75. The van der Waals surface area contributed by atoms with Gasteiger partial charge in [0.1, 0.15) is 5.75 Å². The highest BCUT2D eigenvalue weighted by Crippen LogP contribution is 2.33. The molecular formula is C18H28Cl3N3O2. The van der Waals surface area contributed by atoms with E-state index in [1.165, 1.54) is 6.42 Å². The highest BCUT2D eigenvalue weighted by molar-refractivity contribution is 6.30. The summed E-state index contributed by atoms with van der Waals surface area (Å²) in [7, 11) is 1.66. The SMILES string of the molecule is COc1ccc(Cl)cc1N1CCC(NC(=O)C2(N)CCCCC2)C1.Cl.Cl. The number of methoxy groups -OCH3 is 1. The molecule has 148 valence electrons. The Morgan fingerprint density at radius 3 is 2.65 bits per heavy atom. The van der Waals surface area contributed by atoms with Gasteiger partial charge in [-0.05, 0) is 37.5 Å². The van der Waals surface area contributed by atoms with Crippen molar-refractivity contribution in [2.75, 3.05) is 25.1 Å². The first-order valence-corrected chi connectivity index (χ1v) is 9.08. The second kappa shape index (κ2) is 9.88. The Morgan fingerprint density at radius 2 is 2.00 bits per heavy atom. The second-order valence-electron chi connectivity index (χ2n) is 6.94. The minimum atomic E-state index is -0.681. The van der Waals surface area contributed by atoms with Gasteiger partial charge in [-0.3, -0.25) is 4.79 Å². The summed E-state index contributed by atoms with van der Waals surface area (Å²) in [5.74, 6) is 0.807. The number of amides is 1. The largest absolute Gasteiger partial charge is 0.495 e. The van der Waals surface area contributed by atoms with Gasteiger partial charge in [0, 0.05) is 24.2 Å². The summed E-state index contributed by atoms with van der Waals surface area (Å²) in [6.07, 6.45) is 5.74. The molecule has 3 N–H and O–H groups in total. The molecule has 3 rings (SSSR count). The van der Waals surface area contributed by atoms with Crippen molar-refractivity contribution in [1.29, 1.82) is 0 Å². The fourth-order valence-corrected chi connectivity index (χ4v) is 3.91. The number of rotatable bonds is 4. The fraction of sp³-hybridized carbons (Fsp3) is 0.611. The number of anilines is 1. The zero-order valence-corrected chi connectivity index (χ0v) is 17.4. The lowest BCUT2D eigenvalue weighted by Gasteiger charge is -2.33. The number of ether oxygens (including phenoxy) is 1. The highest BCUT2D eigenvalue weighted by atomic mass is 35.5. The molecule has 1 heterocycles. The number of halogens is 3. The number of carbonyl (C=O) groups is 1. The van der Waals surface area contributed by atoms with Crippen LogP contribution in [-0.2, 0) is 4.79 Å². The van der Waals surface area contributed by atoms with Crippen LogP contribution in [0.25, 0.3) is 0 Å². The number of nitrogens with two attached hydrogens (primary N) is 1. The maximum absolute atomic E-state index is 12.6. The van der Waals surface area contributed by atoms with Crippen molar-refractivity contribution in [3.63, 3.8) is 0 Å². The second-order valence-corrected chi connectivity index (χ2v) is 7.37. The van der Waals surface area contributed by atoms with Gasteiger partial charge in [0.2, 0.25) is 5.91 Å². The molecule has 2 fully saturated rings. The van der Waals surface area contributed by atoms with Crippen molar-refractivity contribution in [1.82, 2.24) is 5.32 Å². The first-order valence-electron chi connectivity index (χ1n) is 8.70. The average Bonchev–Trinajstić information content (AvgIpc) is 3.04. The van der Waals surface area contributed by atoms with E-state index in [2.05, 4.69) is 10.2 Å². The summed E-state index contributed by atoms with van der Waals surface area (Å²) in [6.45, 7) is 1.61. The summed E-state index contributed by atoms with van der Waals surface area (Å²) >= 11 is 6.12. The van der Waals surface area contributed by atoms with Crippen LogP contribution < -0.4 is 20.7 Å². The van der Waals surface area contributed by atoms with Crippen LogP contribution in [0, 0.1) is 0 Å². The van der Waals surface area contributed by atoms with Gasteiger partial charge in [0.05, 0.1) is 18.3 Å². The van der Waals surface area contributed by atoms with E-state index in [1.54, 1.807) is 7.11 Å². The molecular weight excluding hydrogens is 397 g/mol. The summed E-state index contributed by atoms with van der Waals surface area (Å²) < 4.78 is 5.43. The number of nitrogens with zero attached hydrogens (tertiary/aromatic N) is 1. The molecule has 26 heavy (non-hydrogen) atoms. The number of nitrogens with one attached hydrogen (secondary N) is 1. The van der Waals surface area contributed by atoms with E-state index in [0.29, 0.717) is 5.02 Å². The topological polar surface area (TPSA) is 67.6 Å². The molecule has 1 saturated carbocycles. The lowest BCUT2D eigenvalue weighted by molar-refractivity contribution is -0.128. The van der Waals surface area contributed by atoms with Crippen molar-refractivity contribution in [2.45, 2.75) is 50.1 Å². The third kappa shape index (κ3) is 5.10. The van der Waals surface area contributed by atoms with Gasteiger partial charge in [0.15, 0.2) is 0 Å². The Labute approximate surface area is 172 Å². The Morgan fingerprint density at radius 1 is 1.31 bits per heavy atom. The van der Waals surface area contributed by atoms with E-state index in [9.17, 15) is 4.79 Å². The molecule has 1 aromatic carbocycles. The molecule has 1 saturated heterocycles. The zero-order chi connectivity index (χ0) is 17.2. The normalized spacial score (nSPS) is 21.3. The molecule has 0 spiro atoms. The molecule has 0 bridgehead atoms. The predicted octanol–water partition coefficient (Wildman–Crippen LogP) is 3.55. The van der Waals surface area contributed by atoms with E-state index in [0.717, 1.165) is 56.6 Å². The van der Waals surface area contributed by atoms with Gasteiger partial charge in [-0.15, -0.1) is 24.8 Å². The van der Waals surface area contributed by atoms with Crippen LogP contribution >= 0.6 is 36.4 Å². The predicted molar refractivity (Wildman–Crippen MR) is 111 cm³/mol. The minimum absolute atomic E-state index is 0. The van der Waals surface area contributed by atoms with E-state index >= 15 is 0 Å². The lowest BCUT2D eigenvalue weighted by Crippen LogP contribution is -2.57. The molecule has 5 nitrogen and oxygen atoms in total. The van der Waals surface area contributed by atoms with Crippen LogP contribution in [0.4, 0.5) is 5.69 Å². The van der Waals surface area contributed by atoms with E-state index in [4.69, 9.17) is 22.1 Å². The smallest absolute Gasteiger partial charge is 0.240 e. The average molecular weight is 425 g/mol. The Hall–Kier alpha value is -0.880. The molecule has 0 aromatic heterocycles. The molecule has 2 aliphatic rings. The van der Waals surface area contributed by atoms with Crippen molar-refractivity contribution >= 4 is 48.0 Å². The Bertz CT molecular complexity index is 609. The Balaban J connectivity index is 0.00000169.